The van der Waals surface area contributed by atoms with Crippen LogP contribution < -0.4 is 0 Å². The molecule has 1 fully saturated rings. The SMILES string of the molecule is Cc1cc(C)c([S+]([O-])CC2CC2)cc1-n1cnc(C(F)(F)C(F)(F)F)n1. The van der Waals surface area contributed by atoms with Crippen LogP contribution in [0, 0.1) is 19.8 Å². The molecule has 0 bridgehead atoms. The lowest BCUT2D eigenvalue weighted by molar-refractivity contribution is -0.292. The second-order valence-electron chi connectivity index (χ2n) is 6.44. The molecule has 10 heteroatoms. The molecule has 0 aliphatic heterocycles. The molecular formula is C16H16F5N3OS. The Hall–Kier alpha value is -1.68. The van der Waals surface area contributed by atoms with Gasteiger partial charge in [0.15, 0.2) is 4.90 Å². The number of halogens is 5. The highest BCUT2D eigenvalue weighted by Crippen LogP contribution is 2.42. The third kappa shape index (κ3) is 3.57. The molecule has 26 heavy (non-hydrogen) atoms. The van der Waals surface area contributed by atoms with Crippen LogP contribution in [-0.2, 0) is 17.1 Å². The molecule has 1 unspecified atom stereocenters. The lowest BCUT2D eigenvalue weighted by atomic mass is 10.1. The minimum Gasteiger partial charge on any atom is -0.611 e. The zero-order valence-corrected chi connectivity index (χ0v) is 14.8. The van der Waals surface area contributed by atoms with Gasteiger partial charge in [-0.2, -0.15) is 22.0 Å². The number of nitrogens with zero attached hydrogens (tertiary/aromatic N) is 3. The molecule has 1 aliphatic carbocycles. The van der Waals surface area contributed by atoms with E-state index in [1.807, 2.05) is 0 Å². The summed E-state index contributed by atoms with van der Waals surface area (Å²) in [6.07, 6.45) is -2.91. The van der Waals surface area contributed by atoms with Crippen molar-refractivity contribution in [2.45, 2.75) is 43.7 Å². The number of hydrogen-bond acceptors (Lipinski definition) is 3. The first-order valence-corrected chi connectivity index (χ1v) is 9.19. The second kappa shape index (κ2) is 6.49. The quantitative estimate of drug-likeness (QED) is 0.569. The topological polar surface area (TPSA) is 53.8 Å². The highest BCUT2D eigenvalue weighted by atomic mass is 32.2. The van der Waals surface area contributed by atoms with Crippen LogP contribution in [0.3, 0.4) is 0 Å². The van der Waals surface area contributed by atoms with Crippen molar-refractivity contribution in [3.63, 3.8) is 0 Å². The Bertz CT molecular complexity index is 817. The van der Waals surface area contributed by atoms with E-state index in [0.29, 0.717) is 22.1 Å². The highest BCUT2D eigenvalue weighted by molar-refractivity contribution is 7.91. The Morgan fingerprint density at radius 3 is 2.38 bits per heavy atom. The summed E-state index contributed by atoms with van der Waals surface area (Å²) in [5.74, 6) is -5.83. The lowest BCUT2D eigenvalue weighted by Crippen LogP contribution is -2.34. The number of aryl methyl sites for hydroxylation is 2. The maximum atomic E-state index is 13.4. The second-order valence-corrected chi connectivity index (χ2v) is 7.91. The Morgan fingerprint density at radius 2 is 1.81 bits per heavy atom. The fourth-order valence-corrected chi connectivity index (χ4v) is 4.15. The van der Waals surface area contributed by atoms with E-state index in [2.05, 4.69) is 10.1 Å². The molecule has 0 amide bonds. The summed E-state index contributed by atoms with van der Waals surface area (Å²) in [4.78, 5) is 3.66. The molecule has 4 nitrogen and oxygen atoms in total. The van der Waals surface area contributed by atoms with Gasteiger partial charge in [0.05, 0.1) is 5.69 Å². The Kier molecular flexibility index (Phi) is 4.76. The van der Waals surface area contributed by atoms with Crippen LogP contribution in [-0.4, -0.2) is 31.2 Å². The molecule has 0 saturated heterocycles. The molecule has 0 spiro atoms. The summed E-state index contributed by atoms with van der Waals surface area (Å²) in [6.45, 7) is 3.45. The predicted molar refractivity (Wildman–Crippen MR) is 84.8 cm³/mol. The Morgan fingerprint density at radius 1 is 1.15 bits per heavy atom. The first kappa shape index (κ1) is 19.1. The maximum absolute atomic E-state index is 13.4. The largest absolute Gasteiger partial charge is 0.611 e. The van der Waals surface area contributed by atoms with E-state index >= 15 is 0 Å². The van der Waals surface area contributed by atoms with Crippen molar-refractivity contribution in [3.8, 4) is 5.69 Å². The molecule has 1 aliphatic rings. The monoisotopic (exact) mass is 393 g/mol. The van der Waals surface area contributed by atoms with E-state index in [4.69, 9.17) is 0 Å². The van der Waals surface area contributed by atoms with Gasteiger partial charge in [0, 0.05) is 17.5 Å². The van der Waals surface area contributed by atoms with Gasteiger partial charge in [0.1, 0.15) is 12.1 Å². The molecule has 142 valence electrons. The third-order valence-corrected chi connectivity index (χ3v) is 5.90. The first-order chi connectivity index (χ1) is 12.0. The van der Waals surface area contributed by atoms with Crippen LogP contribution in [0.25, 0.3) is 5.69 Å². The molecule has 0 radical (unpaired) electrons. The van der Waals surface area contributed by atoms with Crippen molar-refractivity contribution >= 4 is 11.2 Å². The van der Waals surface area contributed by atoms with Gasteiger partial charge in [-0.3, -0.25) is 0 Å². The summed E-state index contributed by atoms with van der Waals surface area (Å²) in [5, 5.41) is 3.32. The van der Waals surface area contributed by atoms with Crippen LogP contribution in [0.2, 0.25) is 0 Å². The van der Waals surface area contributed by atoms with Gasteiger partial charge in [0.2, 0.25) is 5.82 Å². The number of aromatic nitrogens is 3. The summed E-state index contributed by atoms with van der Waals surface area (Å²) in [7, 11) is 0. The molecule has 3 rings (SSSR count). The first-order valence-electron chi connectivity index (χ1n) is 7.87. The third-order valence-electron chi connectivity index (χ3n) is 4.20. The van der Waals surface area contributed by atoms with Gasteiger partial charge >= 0.3 is 12.1 Å². The van der Waals surface area contributed by atoms with Crippen LogP contribution in [0.4, 0.5) is 22.0 Å². The molecule has 1 saturated carbocycles. The summed E-state index contributed by atoms with van der Waals surface area (Å²) >= 11 is -1.27. The van der Waals surface area contributed by atoms with Gasteiger partial charge in [-0.05, 0) is 49.5 Å². The predicted octanol–water partition coefficient (Wildman–Crippen LogP) is 4.06. The van der Waals surface area contributed by atoms with Crippen molar-refractivity contribution in [3.05, 3.63) is 35.4 Å². The van der Waals surface area contributed by atoms with E-state index < -0.39 is 29.1 Å². The van der Waals surface area contributed by atoms with E-state index in [9.17, 15) is 26.5 Å². The van der Waals surface area contributed by atoms with Crippen LogP contribution in [0.15, 0.2) is 23.4 Å². The van der Waals surface area contributed by atoms with Crippen LogP contribution >= 0.6 is 0 Å². The maximum Gasteiger partial charge on any atom is 0.461 e. The summed E-state index contributed by atoms with van der Waals surface area (Å²) in [6, 6.07) is 3.23. The van der Waals surface area contributed by atoms with Crippen molar-refractivity contribution < 1.29 is 26.5 Å². The van der Waals surface area contributed by atoms with Gasteiger partial charge in [-0.1, -0.05) is 0 Å². The minimum absolute atomic E-state index is 0.270. The van der Waals surface area contributed by atoms with Gasteiger partial charge < -0.3 is 4.55 Å². The summed E-state index contributed by atoms with van der Waals surface area (Å²) in [5.41, 5.74) is 1.64. The van der Waals surface area contributed by atoms with Crippen molar-refractivity contribution in [2.24, 2.45) is 5.92 Å². The standard InChI is InChI=1S/C16H16F5N3OS/c1-9-5-10(2)13(26(25)7-11-3-4-11)6-12(9)24-8-22-14(23-24)15(17,18)16(19,20)21/h5-6,8,11H,3-4,7H2,1-2H3. The number of hydrogen-bond donors (Lipinski definition) is 0. The average Bonchev–Trinajstić information content (AvgIpc) is 3.18. The van der Waals surface area contributed by atoms with Crippen molar-refractivity contribution in [2.75, 3.05) is 5.75 Å². The van der Waals surface area contributed by atoms with Crippen LogP contribution in [0.5, 0.6) is 0 Å². The summed E-state index contributed by atoms with van der Waals surface area (Å²) < 4.78 is 77.6. The minimum atomic E-state index is -5.78. The molecule has 1 aromatic heterocycles. The van der Waals surface area contributed by atoms with Crippen molar-refractivity contribution in [1.82, 2.24) is 14.8 Å². The smallest absolute Gasteiger partial charge is 0.461 e. The molecule has 0 N–H and O–H groups in total. The number of benzene rings is 1. The van der Waals surface area contributed by atoms with E-state index in [1.54, 1.807) is 19.9 Å². The zero-order chi connectivity index (χ0) is 19.3. The van der Waals surface area contributed by atoms with E-state index in [-0.39, 0.29) is 5.69 Å². The molecule has 2 aromatic rings. The fraction of sp³-hybridized carbons (Fsp3) is 0.500. The lowest BCUT2D eigenvalue weighted by Gasteiger charge is -2.16. The van der Waals surface area contributed by atoms with Gasteiger partial charge in [0.25, 0.3) is 0 Å². The van der Waals surface area contributed by atoms with Gasteiger partial charge in [-0.25, -0.2) is 9.67 Å². The number of rotatable bonds is 5. The Labute approximate surface area is 149 Å². The Balaban J connectivity index is 1.96. The normalized spacial score (nSPS) is 16.8. The zero-order valence-electron chi connectivity index (χ0n) is 14.0. The molecule has 1 aromatic carbocycles. The highest BCUT2D eigenvalue weighted by Gasteiger charge is 2.61. The average molecular weight is 393 g/mol. The fourth-order valence-electron chi connectivity index (χ4n) is 2.55. The molecular weight excluding hydrogens is 377 g/mol. The molecule has 1 heterocycles. The van der Waals surface area contributed by atoms with Crippen LogP contribution in [0.1, 0.15) is 29.8 Å². The van der Waals surface area contributed by atoms with E-state index in [1.165, 1.54) is 6.07 Å². The van der Waals surface area contributed by atoms with E-state index in [0.717, 1.165) is 29.4 Å². The van der Waals surface area contributed by atoms with Gasteiger partial charge in [-0.15, -0.1) is 5.10 Å². The van der Waals surface area contributed by atoms with Crippen molar-refractivity contribution in [1.29, 1.82) is 0 Å². The molecule has 1 atom stereocenters. The number of alkyl halides is 5.